The van der Waals surface area contributed by atoms with Crippen LogP contribution in [0, 0.1) is 0 Å². The van der Waals surface area contributed by atoms with Crippen molar-refractivity contribution in [3.8, 4) is 0 Å². The zero-order chi connectivity index (χ0) is 19.0. The van der Waals surface area contributed by atoms with E-state index in [1.54, 1.807) is 30.1 Å². The van der Waals surface area contributed by atoms with Gasteiger partial charge in [-0.05, 0) is 41.9 Å². The lowest BCUT2D eigenvalue weighted by Gasteiger charge is -2.25. The van der Waals surface area contributed by atoms with Gasteiger partial charge in [0.05, 0.1) is 5.70 Å². The minimum atomic E-state index is -0.103. The number of rotatable bonds is 3. The third kappa shape index (κ3) is 3.59. The van der Waals surface area contributed by atoms with E-state index >= 15 is 0 Å². The van der Waals surface area contributed by atoms with Gasteiger partial charge in [0.15, 0.2) is 5.17 Å². The molecule has 0 atom stereocenters. The molecule has 0 bridgehead atoms. The molecule has 0 saturated heterocycles. The molecule has 2 heterocycles. The van der Waals surface area contributed by atoms with Gasteiger partial charge in [-0.25, -0.2) is 0 Å². The maximum absolute atomic E-state index is 13.4. The largest absolute Gasteiger partial charge is 0.319 e. The molecule has 7 heteroatoms. The molecule has 0 aromatic heterocycles. The van der Waals surface area contributed by atoms with E-state index in [0.717, 1.165) is 35.9 Å². The van der Waals surface area contributed by atoms with E-state index in [2.05, 4.69) is 9.89 Å². The topological polar surface area (TPSA) is 35.9 Å². The molecule has 27 heavy (non-hydrogen) atoms. The molecule has 0 aliphatic carbocycles. The SMILES string of the molecule is CN(C(=O)C1=C(c2ccccc2)N2CCCN=C2S1)c1cc(Cl)cc(Cl)c1. The van der Waals surface area contributed by atoms with Crippen LogP contribution in [0.15, 0.2) is 58.4 Å². The second kappa shape index (κ2) is 7.58. The number of likely N-dealkylation sites (N-methyl/N-ethyl adjacent to an activating group) is 1. The third-order valence-corrected chi connectivity index (χ3v) is 6.02. The number of hydrogen-bond donors (Lipinski definition) is 0. The number of nitrogens with zero attached hydrogens (tertiary/aromatic N) is 3. The van der Waals surface area contributed by atoms with E-state index in [9.17, 15) is 4.79 Å². The van der Waals surface area contributed by atoms with E-state index in [0.29, 0.717) is 20.6 Å². The fraction of sp³-hybridized carbons (Fsp3) is 0.200. The lowest BCUT2D eigenvalue weighted by molar-refractivity contribution is -0.114. The smallest absolute Gasteiger partial charge is 0.267 e. The van der Waals surface area contributed by atoms with E-state index in [1.165, 1.54) is 11.8 Å². The number of benzene rings is 2. The number of thioether (sulfide) groups is 1. The Kier molecular flexibility index (Phi) is 5.17. The van der Waals surface area contributed by atoms with Crippen LogP contribution in [0.2, 0.25) is 10.0 Å². The number of halogens is 2. The minimum Gasteiger partial charge on any atom is -0.319 e. The second-order valence-electron chi connectivity index (χ2n) is 6.31. The highest BCUT2D eigenvalue weighted by Gasteiger charge is 2.36. The standard InChI is InChI=1S/C20H17Cl2N3OS/c1-24(16-11-14(21)10-15(22)12-16)19(26)18-17(13-6-3-2-4-7-13)25-9-5-8-23-20(25)27-18/h2-4,6-7,10-12H,5,8-9H2,1H3. The molecular formula is C20H17Cl2N3OS. The van der Waals surface area contributed by atoms with Gasteiger partial charge in [-0.1, -0.05) is 53.5 Å². The predicted molar refractivity (Wildman–Crippen MR) is 114 cm³/mol. The molecule has 2 aliphatic heterocycles. The molecule has 0 N–H and O–H groups in total. The molecule has 0 radical (unpaired) electrons. The van der Waals surface area contributed by atoms with Gasteiger partial charge in [0.25, 0.3) is 5.91 Å². The van der Waals surface area contributed by atoms with Crippen LogP contribution >= 0.6 is 35.0 Å². The van der Waals surface area contributed by atoms with Gasteiger partial charge in [-0.15, -0.1) is 0 Å². The average molecular weight is 418 g/mol. The molecular weight excluding hydrogens is 401 g/mol. The molecule has 1 amide bonds. The summed E-state index contributed by atoms with van der Waals surface area (Å²) in [5.74, 6) is -0.103. The number of anilines is 1. The van der Waals surface area contributed by atoms with Crippen molar-refractivity contribution in [2.75, 3.05) is 25.0 Å². The van der Waals surface area contributed by atoms with Gasteiger partial charge < -0.3 is 9.80 Å². The Labute approximate surface area is 172 Å². The van der Waals surface area contributed by atoms with Crippen molar-refractivity contribution in [1.29, 1.82) is 0 Å². The first kappa shape index (κ1) is 18.4. The molecule has 4 nitrogen and oxygen atoms in total. The summed E-state index contributed by atoms with van der Waals surface area (Å²) >= 11 is 13.7. The van der Waals surface area contributed by atoms with Crippen molar-refractivity contribution in [3.05, 3.63) is 69.0 Å². The maximum atomic E-state index is 13.4. The van der Waals surface area contributed by atoms with E-state index in [-0.39, 0.29) is 5.91 Å². The molecule has 2 aliphatic rings. The first-order valence-electron chi connectivity index (χ1n) is 8.58. The molecule has 138 valence electrons. The lowest BCUT2D eigenvalue weighted by Crippen LogP contribution is -2.29. The lowest BCUT2D eigenvalue weighted by atomic mass is 10.1. The highest BCUT2D eigenvalue weighted by atomic mass is 35.5. The van der Waals surface area contributed by atoms with Gasteiger partial charge >= 0.3 is 0 Å². The Hall–Kier alpha value is -1.95. The fourth-order valence-corrected chi connectivity index (χ4v) is 4.87. The van der Waals surface area contributed by atoms with Crippen LogP contribution in [0.3, 0.4) is 0 Å². The number of hydrogen-bond acceptors (Lipinski definition) is 4. The molecule has 2 aromatic rings. The fourth-order valence-electron chi connectivity index (χ4n) is 3.17. The number of amides is 1. The second-order valence-corrected chi connectivity index (χ2v) is 8.16. The summed E-state index contributed by atoms with van der Waals surface area (Å²) in [5.41, 5.74) is 2.59. The zero-order valence-electron chi connectivity index (χ0n) is 14.7. The van der Waals surface area contributed by atoms with Gasteiger partial charge in [-0.3, -0.25) is 9.79 Å². The average Bonchev–Trinajstić information content (AvgIpc) is 3.06. The van der Waals surface area contributed by atoms with Crippen molar-refractivity contribution >= 4 is 57.4 Å². The number of carbonyl (C=O) groups excluding carboxylic acids is 1. The van der Waals surface area contributed by atoms with Crippen LogP contribution in [-0.2, 0) is 4.79 Å². The van der Waals surface area contributed by atoms with Gasteiger partial charge in [0.2, 0.25) is 0 Å². The zero-order valence-corrected chi connectivity index (χ0v) is 17.0. The molecule has 0 fully saturated rings. The summed E-state index contributed by atoms with van der Waals surface area (Å²) in [6, 6.07) is 15.1. The summed E-state index contributed by atoms with van der Waals surface area (Å²) in [6.07, 6.45) is 0.974. The van der Waals surface area contributed by atoms with Crippen molar-refractivity contribution in [1.82, 2.24) is 4.90 Å². The first-order chi connectivity index (χ1) is 13.0. The van der Waals surface area contributed by atoms with Crippen LogP contribution in [0.1, 0.15) is 12.0 Å². The number of fused-ring (bicyclic) bond motifs is 1. The maximum Gasteiger partial charge on any atom is 0.267 e. The van der Waals surface area contributed by atoms with E-state index in [4.69, 9.17) is 23.2 Å². The summed E-state index contributed by atoms with van der Waals surface area (Å²) < 4.78 is 0. The summed E-state index contributed by atoms with van der Waals surface area (Å²) in [4.78, 5) is 22.4. The number of carbonyl (C=O) groups is 1. The van der Waals surface area contributed by atoms with Crippen molar-refractivity contribution < 1.29 is 4.79 Å². The summed E-state index contributed by atoms with van der Waals surface area (Å²) in [5, 5.41) is 1.88. The Morgan fingerprint density at radius 3 is 2.56 bits per heavy atom. The monoisotopic (exact) mass is 417 g/mol. The summed E-state index contributed by atoms with van der Waals surface area (Å²) in [7, 11) is 1.74. The number of amidine groups is 1. The van der Waals surface area contributed by atoms with Crippen molar-refractivity contribution in [2.45, 2.75) is 6.42 Å². The Balaban J connectivity index is 1.77. The van der Waals surface area contributed by atoms with Crippen molar-refractivity contribution in [2.24, 2.45) is 4.99 Å². The van der Waals surface area contributed by atoms with E-state index in [1.807, 2.05) is 30.3 Å². The summed E-state index contributed by atoms with van der Waals surface area (Å²) in [6.45, 7) is 1.65. The van der Waals surface area contributed by atoms with Crippen LogP contribution < -0.4 is 4.90 Å². The molecule has 4 rings (SSSR count). The molecule has 0 saturated carbocycles. The number of aliphatic imine (C=N–C) groups is 1. The van der Waals surface area contributed by atoms with Crippen molar-refractivity contribution in [3.63, 3.8) is 0 Å². The van der Waals surface area contributed by atoms with Gasteiger partial charge in [0, 0.05) is 35.9 Å². The quantitative estimate of drug-likeness (QED) is 0.693. The Morgan fingerprint density at radius 2 is 1.85 bits per heavy atom. The van der Waals surface area contributed by atoms with Crippen LogP contribution in [0.25, 0.3) is 5.70 Å². The van der Waals surface area contributed by atoms with Crippen LogP contribution in [0.4, 0.5) is 5.69 Å². The van der Waals surface area contributed by atoms with Gasteiger partial charge in [-0.2, -0.15) is 0 Å². The molecule has 0 spiro atoms. The highest BCUT2D eigenvalue weighted by molar-refractivity contribution is 8.18. The normalized spacial score (nSPS) is 16.3. The minimum absolute atomic E-state index is 0.103. The molecule has 2 aromatic carbocycles. The highest BCUT2D eigenvalue weighted by Crippen LogP contribution is 2.42. The van der Waals surface area contributed by atoms with Gasteiger partial charge in [0.1, 0.15) is 4.91 Å². The Morgan fingerprint density at radius 1 is 1.15 bits per heavy atom. The predicted octanol–water partition coefficient (Wildman–Crippen LogP) is 5.13. The van der Waals surface area contributed by atoms with Crippen LogP contribution in [0.5, 0.6) is 0 Å². The first-order valence-corrected chi connectivity index (χ1v) is 10.2. The third-order valence-electron chi connectivity index (χ3n) is 4.48. The Bertz CT molecular complexity index is 939. The van der Waals surface area contributed by atoms with Crippen LogP contribution in [-0.4, -0.2) is 36.1 Å². The molecule has 0 unspecified atom stereocenters. The van der Waals surface area contributed by atoms with E-state index < -0.39 is 0 Å².